The van der Waals surface area contributed by atoms with E-state index in [2.05, 4.69) is 10.4 Å². The fraction of sp³-hybridized carbons (Fsp3) is 0.389. The van der Waals surface area contributed by atoms with Gasteiger partial charge in [-0.15, -0.1) is 0 Å². The number of amides is 1. The number of aromatic nitrogens is 2. The molecule has 2 aromatic rings. The number of hydrogen-bond acceptors (Lipinski definition) is 6. The Kier molecular flexibility index (Phi) is 6.60. The van der Waals surface area contributed by atoms with Gasteiger partial charge in [-0.25, -0.2) is 4.79 Å². The highest BCUT2D eigenvalue weighted by Crippen LogP contribution is 2.29. The minimum absolute atomic E-state index is 0.113. The third-order valence-corrected chi connectivity index (χ3v) is 3.56. The second-order valence-corrected chi connectivity index (χ2v) is 5.39. The van der Waals surface area contributed by atoms with Crippen molar-refractivity contribution in [2.75, 3.05) is 25.6 Å². The van der Waals surface area contributed by atoms with Gasteiger partial charge in [-0.2, -0.15) is 5.10 Å². The molecule has 0 atom stereocenters. The van der Waals surface area contributed by atoms with Crippen LogP contribution in [0.5, 0.6) is 11.5 Å². The van der Waals surface area contributed by atoms with E-state index >= 15 is 0 Å². The largest absolute Gasteiger partial charge is 0.490 e. The first kappa shape index (κ1) is 19.3. The lowest BCUT2D eigenvalue weighted by atomic mass is 10.1. The third kappa shape index (κ3) is 4.53. The smallest absolute Gasteiger partial charge is 0.358 e. The normalized spacial score (nSPS) is 10.3. The summed E-state index contributed by atoms with van der Waals surface area (Å²) in [4.78, 5) is 24.2. The number of rotatable bonds is 8. The number of carbonyl (C=O) groups excluding carboxylic acids is 2. The first-order chi connectivity index (χ1) is 12.5. The van der Waals surface area contributed by atoms with E-state index in [0.717, 1.165) is 5.56 Å². The highest BCUT2D eigenvalue weighted by molar-refractivity contribution is 6.00. The van der Waals surface area contributed by atoms with Gasteiger partial charge in [-0.05, 0) is 31.5 Å². The summed E-state index contributed by atoms with van der Waals surface area (Å²) >= 11 is 0. The van der Waals surface area contributed by atoms with Crippen molar-refractivity contribution in [3.63, 3.8) is 0 Å². The zero-order valence-electron chi connectivity index (χ0n) is 15.4. The molecule has 26 heavy (non-hydrogen) atoms. The van der Waals surface area contributed by atoms with Crippen LogP contribution in [0.4, 0.5) is 5.69 Å². The van der Waals surface area contributed by atoms with Crippen LogP contribution in [0.25, 0.3) is 0 Å². The minimum atomic E-state index is -0.569. The predicted molar refractivity (Wildman–Crippen MR) is 95.7 cm³/mol. The number of methoxy groups -OCH3 is 1. The van der Waals surface area contributed by atoms with Crippen LogP contribution in [-0.4, -0.2) is 42.0 Å². The van der Waals surface area contributed by atoms with E-state index < -0.39 is 5.97 Å². The summed E-state index contributed by atoms with van der Waals surface area (Å²) in [7, 11) is 2.87. The first-order valence-corrected chi connectivity index (χ1v) is 8.28. The molecule has 140 valence electrons. The molecule has 1 N–H and O–H groups in total. The van der Waals surface area contributed by atoms with Gasteiger partial charge in [0.2, 0.25) is 5.91 Å². The molecule has 8 heteroatoms. The van der Waals surface area contributed by atoms with Gasteiger partial charge in [0, 0.05) is 7.05 Å². The Labute approximate surface area is 152 Å². The number of anilines is 1. The molecule has 0 aliphatic rings. The van der Waals surface area contributed by atoms with Crippen molar-refractivity contribution in [1.29, 1.82) is 0 Å². The van der Waals surface area contributed by atoms with Crippen LogP contribution in [-0.2, 0) is 23.0 Å². The summed E-state index contributed by atoms with van der Waals surface area (Å²) in [5.41, 5.74) is 1.25. The number of ether oxygens (including phenoxy) is 3. The van der Waals surface area contributed by atoms with Crippen LogP contribution in [0.15, 0.2) is 24.4 Å². The van der Waals surface area contributed by atoms with Crippen LogP contribution in [0.2, 0.25) is 0 Å². The lowest BCUT2D eigenvalue weighted by molar-refractivity contribution is -0.115. The molecule has 1 heterocycles. The van der Waals surface area contributed by atoms with Crippen molar-refractivity contribution in [1.82, 2.24) is 9.78 Å². The maximum Gasteiger partial charge on any atom is 0.358 e. The highest BCUT2D eigenvalue weighted by Gasteiger charge is 2.19. The molecular formula is C18H23N3O5. The summed E-state index contributed by atoms with van der Waals surface area (Å²) in [6.45, 7) is 4.79. The van der Waals surface area contributed by atoms with Crippen LogP contribution < -0.4 is 14.8 Å². The summed E-state index contributed by atoms with van der Waals surface area (Å²) in [5.74, 6) is 0.379. The van der Waals surface area contributed by atoms with Gasteiger partial charge in [0.1, 0.15) is 0 Å². The highest BCUT2D eigenvalue weighted by atomic mass is 16.5. The molecule has 0 fully saturated rings. The fourth-order valence-electron chi connectivity index (χ4n) is 2.45. The molecular weight excluding hydrogens is 338 g/mol. The standard InChI is InChI=1S/C18H23N3O5/c1-5-25-14-8-7-12(9-15(14)26-6-2)10-16(22)20-13-11-19-21(3)17(13)18(23)24-4/h7-9,11H,5-6,10H2,1-4H3,(H,20,22). The molecule has 0 spiro atoms. The summed E-state index contributed by atoms with van der Waals surface area (Å²) in [6.07, 6.45) is 1.52. The van der Waals surface area contributed by atoms with Crippen LogP contribution in [0.3, 0.4) is 0 Å². The zero-order valence-corrected chi connectivity index (χ0v) is 15.4. The third-order valence-electron chi connectivity index (χ3n) is 3.56. The lowest BCUT2D eigenvalue weighted by Gasteiger charge is -2.12. The maximum atomic E-state index is 12.4. The minimum Gasteiger partial charge on any atom is -0.490 e. The number of hydrogen-bond donors (Lipinski definition) is 1. The molecule has 0 bridgehead atoms. The molecule has 0 aliphatic heterocycles. The first-order valence-electron chi connectivity index (χ1n) is 8.28. The molecule has 0 unspecified atom stereocenters. The quantitative estimate of drug-likeness (QED) is 0.725. The Morgan fingerprint density at radius 3 is 2.50 bits per heavy atom. The number of benzene rings is 1. The Morgan fingerprint density at radius 1 is 1.15 bits per heavy atom. The van der Waals surface area contributed by atoms with Crippen molar-refractivity contribution < 1.29 is 23.8 Å². The van der Waals surface area contributed by atoms with Crippen molar-refractivity contribution >= 4 is 17.6 Å². The molecule has 2 rings (SSSR count). The van der Waals surface area contributed by atoms with E-state index in [9.17, 15) is 9.59 Å². The predicted octanol–water partition coefficient (Wildman–Crippen LogP) is 2.19. The van der Waals surface area contributed by atoms with E-state index in [4.69, 9.17) is 14.2 Å². The maximum absolute atomic E-state index is 12.4. The molecule has 0 saturated heterocycles. The number of esters is 1. The SMILES string of the molecule is CCOc1ccc(CC(=O)Nc2cnn(C)c2C(=O)OC)cc1OCC. The lowest BCUT2D eigenvalue weighted by Crippen LogP contribution is -2.18. The molecule has 1 aromatic carbocycles. The molecule has 1 amide bonds. The Hall–Kier alpha value is -3.03. The average Bonchev–Trinajstić information content (AvgIpc) is 2.97. The molecule has 1 aromatic heterocycles. The van der Waals surface area contributed by atoms with Crippen LogP contribution >= 0.6 is 0 Å². The number of aryl methyl sites for hydroxylation is 1. The van der Waals surface area contributed by atoms with Gasteiger partial charge in [-0.3, -0.25) is 9.48 Å². The van der Waals surface area contributed by atoms with Gasteiger partial charge in [0.25, 0.3) is 0 Å². The summed E-state index contributed by atoms with van der Waals surface area (Å²) in [6, 6.07) is 5.36. The molecule has 0 radical (unpaired) electrons. The average molecular weight is 361 g/mol. The van der Waals surface area contributed by atoms with E-state index in [0.29, 0.717) is 30.4 Å². The Morgan fingerprint density at radius 2 is 1.85 bits per heavy atom. The van der Waals surface area contributed by atoms with E-state index in [-0.39, 0.29) is 18.0 Å². The fourth-order valence-corrected chi connectivity index (χ4v) is 2.45. The van der Waals surface area contributed by atoms with Crippen molar-refractivity contribution in [3.05, 3.63) is 35.7 Å². The van der Waals surface area contributed by atoms with Gasteiger partial charge in [0.15, 0.2) is 17.2 Å². The Bertz CT molecular complexity index is 785. The van der Waals surface area contributed by atoms with Gasteiger partial charge in [0.05, 0.1) is 38.6 Å². The van der Waals surface area contributed by atoms with Crippen molar-refractivity contribution in [2.24, 2.45) is 7.05 Å². The summed E-state index contributed by atoms with van der Waals surface area (Å²) in [5, 5.41) is 6.67. The van der Waals surface area contributed by atoms with E-state index in [1.165, 1.54) is 18.0 Å². The second-order valence-electron chi connectivity index (χ2n) is 5.39. The second kappa shape index (κ2) is 8.89. The number of carbonyl (C=O) groups is 2. The van der Waals surface area contributed by atoms with Crippen LogP contribution in [0, 0.1) is 0 Å². The topological polar surface area (TPSA) is 91.7 Å². The van der Waals surface area contributed by atoms with Gasteiger partial charge in [-0.1, -0.05) is 6.07 Å². The van der Waals surface area contributed by atoms with Gasteiger partial charge < -0.3 is 19.5 Å². The summed E-state index contributed by atoms with van der Waals surface area (Å²) < 4.78 is 17.1. The molecule has 0 saturated carbocycles. The van der Waals surface area contributed by atoms with Gasteiger partial charge >= 0.3 is 5.97 Å². The van der Waals surface area contributed by atoms with E-state index in [1.807, 2.05) is 13.8 Å². The van der Waals surface area contributed by atoms with Crippen LogP contribution in [0.1, 0.15) is 29.9 Å². The Balaban J connectivity index is 2.13. The number of nitrogens with zero attached hydrogens (tertiary/aromatic N) is 2. The molecule has 0 aliphatic carbocycles. The van der Waals surface area contributed by atoms with E-state index in [1.54, 1.807) is 25.2 Å². The number of nitrogens with one attached hydrogen (secondary N) is 1. The van der Waals surface area contributed by atoms with Crippen molar-refractivity contribution in [3.8, 4) is 11.5 Å². The van der Waals surface area contributed by atoms with Crippen molar-refractivity contribution in [2.45, 2.75) is 20.3 Å². The monoisotopic (exact) mass is 361 g/mol. The zero-order chi connectivity index (χ0) is 19.1. The molecule has 8 nitrogen and oxygen atoms in total.